The number of para-hydroxylation sites is 2. The summed E-state index contributed by atoms with van der Waals surface area (Å²) >= 11 is 0. The van der Waals surface area contributed by atoms with Crippen molar-refractivity contribution in [1.29, 1.82) is 0 Å². The van der Waals surface area contributed by atoms with Crippen molar-refractivity contribution in [1.82, 2.24) is 4.90 Å². The van der Waals surface area contributed by atoms with Crippen molar-refractivity contribution in [3.8, 4) is 17.2 Å². The Labute approximate surface area is 148 Å². The number of carbonyl (C=O) groups excluding carboxylic acids is 1. The topological polar surface area (TPSA) is 48.0 Å². The summed E-state index contributed by atoms with van der Waals surface area (Å²) in [4.78, 5) is 13.9. The summed E-state index contributed by atoms with van der Waals surface area (Å²) < 4.78 is 17.2. The van der Waals surface area contributed by atoms with Crippen LogP contribution in [0.1, 0.15) is 11.1 Å². The Balaban J connectivity index is 1.51. The van der Waals surface area contributed by atoms with E-state index in [1.54, 1.807) is 11.9 Å². The highest BCUT2D eigenvalue weighted by Crippen LogP contribution is 2.30. The quantitative estimate of drug-likeness (QED) is 0.839. The molecule has 0 saturated heterocycles. The van der Waals surface area contributed by atoms with Crippen molar-refractivity contribution in [3.63, 3.8) is 0 Å². The van der Waals surface area contributed by atoms with Crippen molar-refractivity contribution in [2.24, 2.45) is 0 Å². The molecule has 0 aliphatic carbocycles. The summed E-state index contributed by atoms with van der Waals surface area (Å²) in [6, 6.07) is 13.5. The molecule has 1 amide bonds. The highest BCUT2D eigenvalue weighted by molar-refractivity contribution is 5.77. The lowest BCUT2D eigenvalue weighted by atomic mass is 10.1. The first-order valence-electron chi connectivity index (χ1n) is 8.35. The number of fused-ring (bicyclic) bond motifs is 1. The standard InChI is InChI=1S/C20H23NO4/c1-14-8-9-17(15(2)10-14)24-13-20(22)21(3)11-16-12-23-18-6-4-5-7-19(18)25-16/h4-10,16H,11-13H2,1-3H3. The van der Waals surface area contributed by atoms with E-state index in [9.17, 15) is 4.79 Å². The minimum atomic E-state index is -0.190. The van der Waals surface area contributed by atoms with Crippen LogP contribution in [0.25, 0.3) is 0 Å². The van der Waals surface area contributed by atoms with Crippen LogP contribution in [-0.2, 0) is 4.79 Å². The number of ether oxygens (including phenoxy) is 3. The maximum absolute atomic E-state index is 12.3. The van der Waals surface area contributed by atoms with Crippen LogP contribution in [0, 0.1) is 13.8 Å². The molecular weight excluding hydrogens is 318 g/mol. The lowest BCUT2D eigenvalue weighted by Gasteiger charge is -2.29. The Bertz CT molecular complexity index is 759. The zero-order valence-electron chi connectivity index (χ0n) is 14.8. The third kappa shape index (κ3) is 4.24. The normalized spacial score (nSPS) is 15.6. The Morgan fingerprint density at radius 1 is 1.20 bits per heavy atom. The van der Waals surface area contributed by atoms with Gasteiger partial charge in [-0.1, -0.05) is 29.8 Å². The van der Waals surface area contributed by atoms with Crippen LogP contribution in [-0.4, -0.2) is 43.7 Å². The Hall–Kier alpha value is -2.69. The molecule has 0 radical (unpaired) electrons. The monoisotopic (exact) mass is 341 g/mol. The van der Waals surface area contributed by atoms with E-state index in [0.29, 0.717) is 18.9 Å². The van der Waals surface area contributed by atoms with Crippen LogP contribution < -0.4 is 14.2 Å². The predicted octanol–water partition coefficient (Wildman–Crippen LogP) is 2.98. The smallest absolute Gasteiger partial charge is 0.260 e. The average Bonchev–Trinajstić information content (AvgIpc) is 2.60. The molecule has 0 aromatic heterocycles. The number of benzene rings is 2. The average molecular weight is 341 g/mol. The molecule has 1 aliphatic heterocycles. The first kappa shape index (κ1) is 17.1. The number of amides is 1. The summed E-state index contributed by atoms with van der Waals surface area (Å²) in [6.45, 7) is 4.88. The van der Waals surface area contributed by atoms with E-state index in [2.05, 4.69) is 0 Å². The molecule has 0 saturated carbocycles. The number of likely N-dealkylation sites (N-methyl/N-ethyl adjacent to an activating group) is 1. The maximum atomic E-state index is 12.3. The summed E-state index contributed by atoms with van der Waals surface area (Å²) in [5.74, 6) is 2.10. The number of hydrogen-bond donors (Lipinski definition) is 0. The minimum absolute atomic E-state index is 0.00453. The van der Waals surface area contributed by atoms with Crippen LogP contribution in [0.4, 0.5) is 0 Å². The number of aryl methyl sites for hydroxylation is 2. The summed E-state index contributed by atoms with van der Waals surface area (Å²) in [6.07, 6.45) is -0.190. The summed E-state index contributed by atoms with van der Waals surface area (Å²) in [7, 11) is 1.75. The van der Waals surface area contributed by atoms with Crippen LogP contribution >= 0.6 is 0 Å². The van der Waals surface area contributed by atoms with Gasteiger partial charge in [-0.15, -0.1) is 0 Å². The lowest BCUT2D eigenvalue weighted by molar-refractivity contribution is -0.133. The molecule has 3 rings (SSSR count). The zero-order valence-corrected chi connectivity index (χ0v) is 14.8. The van der Waals surface area contributed by atoms with E-state index in [-0.39, 0.29) is 18.6 Å². The van der Waals surface area contributed by atoms with Gasteiger partial charge < -0.3 is 19.1 Å². The molecule has 0 bridgehead atoms. The largest absolute Gasteiger partial charge is 0.486 e. The molecule has 0 fully saturated rings. The van der Waals surface area contributed by atoms with Crippen LogP contribution in [0.2, 0.25) is 0 Å². The SMILES string of the molecule is Cc1ccc(OCC(=O)N(C)CC2COc3ccccc3O2)c(C)c1. The highest BCUT2D eigenvalue weighted by Gasteiger charge is 2.23. The number of hydrogen-bond acceptors (Lipinski definition) is 4. The second-order valence-electron chi connectivity index (χ2n) is 6.33. The Morgan fingerprint density at radius 2 is 1.96 bits per heavy atom. The van der Waals surface area contributed by atoms with Gasteiger partial charge in [-0.3, -0.25) is 4.79 Å². The fourth-order valence-corrected chi connectivity index (χ4v) is 2.77. The first-order chi connectivity index (χ1) is 12.0. The molecule has 5 heteroatoms. The first-order valence-corrected chi connectivity index (χ1v) is 8.35. The van der Waals surface area contributed by atoms with Crippen molar-refractivity contribution >= 4 is 5.91 Å². The van der Waals surface area contributed by atoms with Crippen molar-refractivity contribution in [2.45, 2.75) is 20.0 Å². The van der Waals surface area contributed by atoms with E-state index < -0.39 is 0 Å². The molecule has 0 N–H and O–H groups in total. The van der Waals surface area contributed by atoms with Gasteiger partial charge in [0.05, 0.1) is 6.54 Å². The van der Waals surface area contributed by atoms with Crippen molar-refractivity contribution in [2.75, 3.05) is 26.8 Å². The molecule has 1 atom stereocenters. The second-order valence-corrected chi connectivity index (χ2v) is 6.33. The van der Waals surface area contributed by atoms with Gasteiger partial charge in [0.15, 0.2) is 24.2 Å². The number of carbonyl (C=O) groups is 1. The van der Waals surface area contributed by atoms with Crippen molar-refractivity contribution in [3.05, 3.63) is 53.6 Å². The van der Waals surface area contributed by atoms with Gasteiger partial charge in [0.25, 0.3) is 5.91 Å². The highest BCUT2D eigenvalue weighted by atomic mass is 16.6. The fraction of sp³-hybridized carbons (Fsp3) is 0.350. The fourth-order valence-electron chi connectivity index (χ4n) is 2.77. The van der Waals surface area contributed by atoms with Gasteiger partial charge in [-0.25, -0.2) is 0 Å². The Morgan fingerprint density at radius 3 is 2.72 bits per heavy atom. The molecule has 25 heavy (non-hydrogen) atoms. The molecule has 1 aliphatic rings. The van der Waals surface area contributed by atoms with E-state index in [0.717, 1.165) is 17.1 Å². The van der Waals surface area contributed by atoms with Crippen molar-refractivity contribution < 1.29 is 19.0 Å². The molecular formula is C20H23NO4. The maximum Gasteiger partial charge on any atom is 0.260 e. The molecule has 1 unspecified atom stereocenters. The third-order valence-corrected chi connectivity index (χ3v) is 4.15. The summed E-state index contributed by atoms with van der Waals surface area (Å²) in [5, 5.41) is 0. The van der Waals surface area contributed by atoms with Crippen LogP contribution in [0.5, 0.6) is 17.2 Å². The van der Waals surface area contributed by atoms with Gasteiger partial charge in [0.2, 0.25) is 0 Å². The van der Waals surface area contributed by atoms with Gasteiger partial charge in [-0.2, -0.15) is 0 Å². The molecule has 5 nitrogen and oxygen atoms in total. The van der Waals surface area contributed by atoms with E-state index >= 15 is 0 Å². The van der Waals surface area contributed by atoms with Gasteiger partial charge in [0.1, 0.15) is 12.4 Å². The van der Waals surface area contributed by atoms with E-state index in [1.807, 2.05) is 56.3 Å². The number of rotatable bonds is 5. The third-order valence-electron chi connectivity index (χ3n) is 4.15. The van der Waals surface area contributed by atoms with Gasteiger partial charge >= 0.3 is 0 Å². The van der Waals surface area contributed by atoms with E-state index in [4.69, 9.17) is 14.2 Å². The molecule has 1 heterocycles. The zero-order chi connectivity index (χ0) is 17.8. The van der Waals surface area contributed by atoms with Crippen LogP contribution in [0.15, 0.2) is 42.5 Å². The molecule has 2 aromatic carbocycles. The van der Waals surface area contributed by atoms with Gasteiger partial charge in [0, 0.05) is 7.05 Å². The lowest BCUT2D eigenvalue weighted by Crippen LogP contribution is -2.43. The molecule has 2 aromatic rings. The Kier molecular flexibility index (Phi) is 5.12. The van der Waals surface area contributed by atoms with Crippen LogP contribution in [0.3, 0.4) is 0 Å². The molecule has 0 spiro atoms. The minimum Gasteiger partial charge on any atom is -0.486 e. The number of nitrogens with zero attached hydrogens (tertiary/aromatic N) is 1. The van der Waals surface area contributed by atoms with E-state index in [1.165, 1.54) is 5.56 Å². The van der Waals surface area contributed by atoms with Gasteiger partial charge in [-0.05, 0) is 37.6 Å². The molecule has 132 valence electrons. The second kappa shape index (κ2) is 7.47. The summed E-state index contributed by atoms with van der Waals surface area (Å²) in [5.41, 5.74) is 2.19. The predicted molar refractivity (Wildman–Crippen MR) is 95.4 cm³/mol.